The van der Waals surface area contributed by atoms with Gasteiger partial charge in [-0.15, -0.1) is 0 Å². The van der Waals surface area contributed by atoms with E-state index in [1.165, 1.54) is 42.5 Å². The van der Waals surface area contributed by atoms with Crippen molar-refractivity contribution in [3.05, 3.63) is 138 Å². The fraction of sp³-hybridized carbons (Fsp3) is 0.114. The first-order chi connectivity index (χ1) is 21.2. The Morgan fingerprint density at radius 1 is 0.841 bits per heavy atom. The summed E-state index contributed by atoms with van der Waals surface area (Å²) in [6.45, 7) is 1.74. The Hall–Kier alpha value is -4.99. The van der Waals surface area contributed by atoms with Crippen molar-refractivity contribution in [1.29, 1.82) is 0 Å². The van der Waals surface area contributed by atoms with E-state index in [0.29, 0.717) is 5.69 Å². The molecule has 222 valence electrons. The average molecular weight is 608 g/mol. The maximum Gasteiger partial charge on any atom is 0.264 e. The minimum Gasteiger partial charge on any atom is -0.389 e. The summed E-state index contributed by atoms with van der Waals surface area (Å²) in [6, 6.07) is 33.9. The van der Waals surface area contributed by atoms with Gasteiger partial charge in [-0.3, -0.25) is 9.10 Å². The lowest BCUT2D eigenvalue weighted by atomic mass is 10.1. The Balaban J connectivity index is 1.35. The number of aryl methyl sites for hydroxylation is 1. The number of aliphatic hydroxyl groups is 1. The van der Waals surface area contributed by atoms with Gasteiger partial charge in [0, 0.05) is 33.1 Å². The summed E-state index contributed by atoms with van der Waals surface area (Å²) in [6.07, 6.45) is -1.11. The van der Waals surface area contributed by atoms with Gasteiger partial charge in [0.05, 0.1) is 29.8 Å². The van der Waals surface area contributed by atoms with E-state index >= 15 is 0 Å². The highest BCUT2D eigenvalue weighted by Gasteiger charge is 2.28. The van der Waals surface area contributed by atoms with Crippen LogP contribution in [0.3, 0.4) is 0 Å². The first-order valence-electron chi connectivity index (χ1n) is 14.1. The third kappa shape index (κ3) is 5.79. The smallest absolute Gasteiger partial charge is 0.264 e. The quantitative estimate of drug-likeness (QED) is 0.190. The van der Waals surface area contributed by atoms with Crippen LogP contribution in [0.4, 0.5) is 15.8 Å². The van der Waals surface area contributed by atoms with Crippen molar-refractivity contribution in [2.24, 2.45) is 0 Å². The van der Waals surface area contributed by atoms with Gasteiger partial charge in [-0.25, -0.2) is 12.8 Å². The number of hydrogen-bond donors (Lipinski definition) is 2. The number of sulfonamides is 1. The van der Waals surface area contributed by atoms with Crippen molar-refractivity contribution in [2.75, 3.05) is 16.2 Å². The van der Waals surface area contributed by atoms with E-state index in [2.05, 4.69) is 5.32 Å². The lowest BCUT2D eigenvalue weighted by molar-refractivity contribution is 0.102. The van der Waals surface area contributed by atoms with Crippen LogP contribution in [0.15, 0.2) is 126 Å². The molecule has 44 heavy (non-hydrogen) atoms. The summed E-state index contributed by atoms with van der Waals surface area (Å²) in [5.74, 6) is -0.918. The number of hydrogen-bond acceptors (Lipinski definition) is 4. The number of nitrogens with zero attached hydrogens (tertiary/aromatic N) is 2. The van der Waals surface area contributed by atoms with Crippen LogP contribution in [-0.2, 0) is 16.6 Å². The van der Waals surface area contributed by atoms with E-state index in [9.17, 15) is 22.7 Å². The predicted molar refractivity (Wildman–Crippen MR) is 172 cm³/mol. The number of aromatic nitrogens is 1. The molecule has 9 heteroatoms. The highest BCUT2D eigenvalue weighted by molar-refractivity contribution is 7.92. The molecule has 0 unspecified atom stereocenters. The summed E-state index contributed by atoms with van der Waals surface area (Å²) in [5, 5.41) is 16.3. The zero-order valence-electron chi connectivity index (χ0n) is 23.9. The Morgan fingerprint density at radius 3 is 2.09 bits per heavy atom. The van der Waals surface area contributed by atoms with Crippen LogP contribution in [0.5, 0.6) is 0 Å². The lowest BCUT2D eigenvalue weighted by Gasteiger charge is -2.28. The zero-order valence-corrected chi connectivity index (χ0v) is 24.7. The molecule has 1 aromatic heterocycles. The molecule has 0 saturated carbocycles. The van der Waals surface area contributed by atoms with E-state index in [4.69, 9.17) is 0 Å². The van der Waals surface area contributed by atoms with Crippen LogP contribution < -0.4 is 9.62 Å². The molecule has 1 atom stereocenters. The minimum atomic E-state index is -4.15. The first kappa shape index (κ1) is 29.1. The van der Waals surface area contributed by atoms with Crippen molar-refractivity contribution >= 4 is 49.1 Å². The molecule has 6 aromatic rings. The number of rotatable bonds is 9. The Kier molecular flexibility index (Phi) is 7.90. The number of fused-ring (bicyclic) bond motifs is 3. The molecule has 0 aliphatic rings. The third-order valence-electron chi connectivity index (χ3n) is 7.56. The molecule has 7 nitrogen and oxygen atoms in total. The van der Waals surface area contributed by atoms with Crippen molar-refractivity contribution in [2.45, 2.75) is 24.5 Å². The van der Waals surface area contributed by atoms with Gasteiger partial charge in [-0.2, -0.15) is 0 Å². The predicted octanol–water partition coefficient (Wildman–Crippen LogP) is 6.75. The highest BCUT2D eigenvalue weighted by atomic mass is 32.2. The van der Waals surface area contributed by atoms with Crippen LogP contribution in [0.2, 0.25) is 0 Å². The molecule has 0 aliphatic carbocycles. The molecule has 2 N–H and O–H groups in total. The Morgan fingerprint density at radius 2 is 1.45 bits per heavy atom. The average Bonchev–Trinajstić information content (AvgIpc) is 3.34. The normalized spacial score (nSPS) is 12.3. The molecule has 5 aromatic carbocycles. The number of benzene rings is 5. The summed E-state index contributed by atoms with van der Waals surface area (Å²) in [7, 11) is -4.15. The number of carbonyl (C=O) groups excluding carboxylic acids is 1. The van der Waals surface area contributed by atoms with Gasteiger partial charge in [-0.1, -0.05) is 60.2 Å². The maximum absolute atomic E-state index is 14.1. The Bertz CT molecular complexity index is 2020. The number of aliphatic hydroxyl groups excluding tert-OH is 1. The second-order valence-electron chi connectivity index (χ2n) is 10.7. The largest absolute Gasteiger partial charge is 0.389 e. The number of halogens is 1. The monoisotopic (exact) mass is 607 g/mol. The summed E-state index contributed by atoms with van der Waals surface area (Å²) in [5.41, 5.74) is 3.58. The van der Waals surface area contributed by atoms with Crippen molar-refractivity contribution in [1.82, 2.24) is 4.57 Å². The van der Waals surface area contributed by atoms with Crippen LogP contribution in [0.1, 0.15) is 15.9 Å². The van der Waals surface area contributed by atoms with Crippen LogP contribution in [0, 0.1) is 12.7 Å². The van der Waals surface area contributed by atoms with Gasteiger partial charge < -0.3 is 15.0 Å². The van der Waals surface area contributed by atoms with Crippen LogP contribution in [0.25, 0.3) is 21.8 Å². The molecular formula is C35H30FN3O4S. The van der Waals surface area contributed by atoms with Gasteiger partial charge in [0.1, 0.15) is 5.82 Å². The van der Waals surface area contributed by atoms with E-state index < -0.39 is 27.9 Å². The molecule has 6 rings (SSSR count). The number of anilines is 2. The standard InChI is InChI=1S/C35H30FN3O4S/c1-24-13-19-30(20-14-24)44(42,43)39(28-8-6-7-25(21-28)35(41)37-27-17-15-26(36)16-18-27)23-29(40)22-38-33-11-4-2-9-31(33)32-10-3-5-12-34(32)38/h2-21,29,40H,22-23H2,1H3,(H,37,41)/t29-/m1/s1. The van der Waals surface area contributed by atoms with Crippen LogP contribution >= 0.6 is 0 Å². The van der Waals surface area contributed by atoms with E-state index in [-0.39, 0.29) is 29.2 Å². The van der Waals surface area contributed by atoms with Crippen molar-refractivity contribution < 1.29 is 22.7 Å². The second kappa shape index (κ2) is 11.9. The lowest BCUT2D eigenvalue weighted by Crippen LogP contribution is -2.39. The molecule has 0 radical (unpaired) electrons. The molecule has 1 amide bonds. The van der Waals surface area contributed by atoms with Gasteiger partial charge >= 0.3 is 0 Å². The van der Waals surface area contributed by atoms with E-state index in [0.717, 1.165) is 31.7 Å². The molecule has 0 spiro atoms. The van der Waals surface area contributed by atoms with Gasteiger partial charge in [-0.05, 0) is 73.7 Å². The third-order valence-corrected chi connectivity index (χ3v) is 9.37. The molecule has 0 bridgehead atoms. The SMILES string of the molecule is Cc1ccc(S(=O)(=O)N(C[C@H](O)Cn2c3ccccc3c3ccccc32)c2cccc(C(=O)Nc3ccc(F)cc3)c2)cc1. The van der Waals surface area contributed by atoms with Gasteiger partial charge in [0.15, 0.2) is 0 Å². The molecule has 1 heterocycles. The zero-order chi connectivity index (χ0) is 30.8. The summed E-state index contributed by atoms with van der Waals surface area (Å²) >= 11 is 0. The fourth-order valence-electron chi connectivity index (χ4n) is 5.38. The topological polar surface area (TPSA) is 91.6 Å². The Labute approximate surface area is 254 Å². The minimum absolute atomic E-state index is 0.0633. The fourth-order valence-corrected chi connectivity index (χ4v) is 6.87. The van der Waals surface area contributed by atoms with Gasteiger partial charge in [0.2, 0.25) is 0 Å². The molecule has 0 fully saturated rings. The van der Waals surface area contributed by atoms with E-state index in [1.807, 2.05) is 60.0 Å². The summed E-state index contributed by atoms with van der Waals surface area (Å²) < 4.78 is 44.7. The second-order valence-corrected chi connectivity index (χ2v) is 12.5. The van der Waals surface area contributed by atoms with Gasteiger partial charge in [0.25, 0.3) is 15.9 Å². The number of nitrogens with one attached hydrogen (secondary N) is 1. The first-order valence-corrected chi connectivity index (χ1v) is 15.5. The molecule has 0 saturated heterocycles. The number of carbonyl (C=O) groups is 1. The molecule has 0 aliphatic heterocycles. The number of para-hydroxylation sites is 2. The van der Waals surface area contributed by atoms with Crippen molar-refractivity contribution in [3.8, 4) is 0 Å². The maximum atomic E-state index is 14.1. The summed E-state index contributed by atoms with van der Waals surface area (Å²) in [4.78, 5) is 13.2. The van der Waals surface area contributed by atoms with Crippen molar-refractivity contribution in [3.63, 3.8) is 0 Å². The van der Waals surface area contributed by atoms with Crippen LogP contribution in [-0.4, -0.2) is 36.6 Å². The van der Waals surface area contributed by atoms with E-state index in [1.54, 1.807) is 30.3 Å². The number of amides is 1. The molecular weight excluding hydrogens is 577 g/mol. The highest BCUT2D eigenvalue weighted by Crippen LogP contribution is 2.30.